The van der Waals surface area contributed by atoms with E-state index in [0.29, 0.717) is 98.4 Å². The molecule has 2 fully saturated rings. The van der Waals surface area contributed by atoms with Crippen molar-refractivity contribution in [3.63, 3.8) is 0 Å². The molecule has 0 aromatic carbocycles. The maximum atomic E-state index is 12.0. The van der Waals surface area contributed by atoms with E-state index in [2.05, 4.69) is 19.8 Å². The summed E-state index contributed by atoms with van der Waals surface area (Å²) in [6.45, 7) is 7.93. The first-order chi connectivity index (χ1) is 23.3. The smallest absolute Gasteiger partial charge is 0.356 e. The van der Waals surface area contributed by atoms with Gasteiger partial charge in [0.25, 0.3) is 0 Å². The van der Waals surface area contributed by atoms with Gasteiger partial charge in [-0.05, 0) is 43.0 Å². The number of fused-ring (bicyclic) bond motifs is 1. The lowest BCUT2D eigenvalue weighted by Gasteiger charge is -2.27. The molecule has 1 aliphatic heterocycles. The number of hydrogen-bond donors (Lipinski definition) is 0. The highest BCUT2D eigenvalue weighted by atomic mass is 16.6. The lowest BCUT2D eigenvalue weighted by molar-refractivity contribution is -0.142. The molecule has 0 spiro atoms. The van der Waals surface area contributed by atoms with Gasteiger partial charge in [-0.2, -0.15) is 0 Å². The van der Waals surface area contributed by atoms with Gasteiger partial charge >= 0.3 is 17.9 Å². The predicted molar refractivity (Wildman–Crippen MR) is 172 cm³/mol. The standard InChI is InChI=1S/C34H48N4O10/c1-25(39)48-24-26-20-31-32(21-26)47-17-13-38(23-28-7-5-9-30(36-28)34(41)43-3)11-15-45-19-18-44-14-10-37(12-16-46-31)22-27-6-4-8-29(35-27)33(40)42-2/h4-9,26,31-32H,10-24H2,1-3H3. The summed E-state index contributed by atoms with van der Waals surface area (Å²) in [5, 5.41) is 0. The summed E-state index contributed by atoms with van der Waals surface area (Å²) in [5.74, 6) is -1.14. The van der Waals surface area contributed by atoms with E-state index < -0.39 is 11.9 Å². The van der Waals surface area contributed by atoms with Crippen molar-refractivity contribution in [1.82, 2.24) is 19.8 Å². The molecule has 1 aliphatic carbocycles. The number of hydrogen-bond acceptors (Lipinski definition) is 14. The number of methoxy groups -OCH3 is 2. The van der Waals surface area contributed by atoms with Crippen molar-refractivity contribution in [2.24, 2.45) is 5.92 Å². The van der Waals surface area contributed by atoms with Gasteiger partial charge in [-0.15, -0.1) is 0 Å². The molecule has 0 bridgehead atoms. The Kier molecular flexibility index (Phi) is 15.6. The van der Waals surface area contributed by atoms with Crippen LogP contribution < -0.4 is 0 Å². The molecule has 4 rings (SSSR count). The van der Waals surface area contributed by atoms with Crippen LogP contribution in [0, 0.1) is 5.92 Å². The number of pyridine rings is 2. The Morgan fingerprint density at radius 1 is 0.708 bits per heavy atom. The van der Waals surface area contributed by atoms with Crippen molar-refractivity contribution < 1.29 is 47.5 Å². The molecular weight excluding hydrogens is 624 g/mol. The van der Waals surface area contributed by atoms with Crippen LogP contribution in [-0.4, -0.2) is 137 Å². The number of esters is 3. The molecule has 0 radical (unpaired) electrons. The lowest BCUT2D eigenvalue weighted by atomic mass is 10.1. The van der Waals surface area contributed by atoms with Crippen LogP contribution in [0.2, 0.25) is 0 Å². The topological polar surface area (TPSA) is 148 Å². The SMILES string of the molecule is COC(=O)c1cccc(CN2CCOCCOCCN(Cc3cccc(C(=O)OC)n3)CCOC3CC(COC(C)=O)CC3OCC2)n1. The zero-order valence-electron chi connectivity index (χ0n) is 28.2. The number of nitrogens with zero attached hydrogens (tertiary/aromatic N) is 4. The Labute approximate surface area is 281 Å². The molecule has 0 amide bonds. The summed E-state index contributed by atoms with van der Waals surface area (Å²) in [6.07, 6.45) is 1.09. The third-order valence-corrected chi connectivity index (χ3v) is 8.20. The van der Waals surface area contributed by atoms with Crippen LogP contribution in [0.3, 0.4) is 0 Å². The Balaban J connectivity index is 1.41. The van der Waals surface area contributed by atoms with Gasteiger partial charge in [0.1, 0.15) is 11.4 Å². The summed E-state index contributed by atoms with van der Waals surface area (Å²) in [6, 6.07) is 10.6. The van der Waals surface area contributed by atoms with Gasteiger partial charge in [0.15, 0.2) is 0 Å². The van der Waals surface area contributed by atoms with Crippen molar-refractivity contribution in [3.05, 3.63) is 59.2 Å². The molecule has 0 N–H and O–H groups in total. The molecule has 48 heavy (non-hydrogen) atoms. The van der Waals surface area contributed by atoms with Crippen LogP contribution in [0.1, 0.15) is 52.1 Å². The quantitative estimate of drug-likeness (QED) is 0.298. The fourth-order valence-corrected chi connectivity index (χ4v) is 5.72. The molecule has 1 saturated heterocycles. The van der Waals surface area contributed by atoms with Crippen LogP contribution in [0.15, 0.2) is 36.4 Å². The van der Waals surface area contributed by atoms with Crippen molar-refractivity contribution in [3.8, 4) is 0 Å². The van der Waals surface area contributed by atoms with E-state index in [-0.39, 0.29) is 35.5 Å². The van der Waals surface area contributed by atoms with Crippen molar-refractivity contribution in [2.45, 2.75) is 45.1 Å². The third-order valence-electron chi connectivity index (χ3n) is 8.20. The van der Waals surface area contributed by atoms with E-state index >= 15 is 0 Å². The fraction of sp³-hybridized carbons (Fsp3) is 0.618. The lowest BCUT2D eigenvalue weighted by Crippen LogP contribution is -2.36. The fourth-order valence-electron chi connectivity index (χ4n) is 5.72. The van der Waals surface area contributed by atoms with Crippen LogP contribution in [0.4, 0.5) is 0 Å². The Hall–Kier alpha value is -3.53. The van der Waals surface area contributed by atoms with Crippen molar-refractivity contribution in [1.29, 1.82) is 0 Å². The van der Waals surface area contributed by atoms with E-state index in [1.807, 2.05) is 12.1 Å². The van der Waals surface area contributed by atoms with Crippen LogP contribution in [-0.2, 0) is 51.0 Å². The first kappa shape index (κ1) is 37.3. The monoisotopic (exact) mass is 672 g/mol. The summed E-state index contributed by atoms with van der Waals surface area (Å²) in [5.41, 5.74) is 2.00. The third kappa shape index (κ3) is 12.5. The van der Waals surface area contributed by atoms with E-state index in [9.17, 15) is 14.4 Å². The first-order valence-electron chi connectivity index (χ1n) is 16.4. The average Bonchev–Trinajstić information content (AvgIpc) is 3.48. The maximum absolute atomic E-state index is 12.0. The molecule has 1 saturated carbocycles. The summed E-state index contributed by atoms with van der Waals surface area (Å²) >= 11 is 0. The highest BCUT2D eigenvalue weighted by molar-refractivity contribution is 5.87. The number of carbonyl (C=O) groups excluding carboxylic acids is 3. The molecular formula is C34H48N4O10. The van der Waals surface area contributed by atoms with Crippen molar-refractivity contribution in [2.75, 3.05) is 86.6 Å². The molecule has 2 aromatic rings. The zero-order valence-corrected chi connectivity index (χ0v) is 28.2. The second-order valence-electron chi connectivity index (χ2n) is 11.7. The minimum absolute atomic E-state index is 0.127. The van der Waals surface area contributed by atoms with Gasteiger partial charge in [0.2, 0.25) is 0 Å². The Morgan fingerprint density at radius 2 is 1.17 bits per heavy atom. The Bertz CT molecular complexity index is 1220. The second-order valence-corrected chi connectivity index (χ2v) is 11.7. The molecule has 3 heterocycles. The molecule has 2 unspecified atom stereocenters. The van der Waals surface area contributed by atoms with Gasteiger partial charge in [0, 0.05) is 46.2 Å². The minimum Gasteiger partial charge on any atom is -0.466 e. The molecule has 2 aromatic heterocycles. The van der Waals surface area contributed by atoms with Crippen LogP contribution in [0.5, 0.6) is 0 Å². The van der Waals surface area contributed by atoms with E-state index in [0.717, 1.165) is 11.4 Å². The normalized spacial score (nSPS) is 22.5. The molecule has 264 valence electrons. The highest BCUT2D eigenvalue weighted by Crippen LogP contribution is 2.31. The van der Waals surface area contributed by atoms with Crippen LogP contribution >= 0.6 is 0 Å². The van der Waals surface area contributed by atoms with Gasteiger partial charge in [-0.1, -0.05) is 12.1 Å². The van der Waals surface area contributed by atoms with E-state index in [1.54, 1.807) is 24.3 Å². The predicted octanol–water partition coefficient (Wildman–Crippen LogP) is 2.14. The largest absolute Gasteiger partial charge is 0.466 e. The number of rotatable bonds is 8. The highest BCUT2D eigenvalue weighted by Gasteiger charge is 2.36. The van der Waals surface area contributed by atoms with Crippen LogP contribution in [0.25, 0.3) is 0 Å². The van der Waals surface area contributed by atoms with Gasteiger partial charge < -0.3 is 33.2 Å². The summed E-state index contributed by atoms with van der Waals surface area (Å²) in [7, 11) is 2.67. The van der Waals surface area contributed by atoms with Gasteiger partial charge in [-0.25, -0.2) is 19.6 Å². The van der Waals surface area contributed by atoms with Crippen molar-refractivity contribution >= 4 is 17.9 Å². The number of carbonyl (C=O) groups is 3. The van der Waals surface area contributed by atoms with Gasteiger partial charge in [-0.3, -0.25) is 14.6 Å². The first-order valence-corrected chi connectivity index (χ1v) is 16.4. The minimum atomic E-state index is -0.480. The number of ether oxygens (including phenoxy) is 7. The molecule has 2 aliphatic rings. The average molecular weight is 673 g/mol. The molecule has 14 heteroatoms. The second kappa shape index (κ2) is 20.1. The van der Waals surface area contributed by atoms with E-state index in [1.165, 1.54) is 21.1 Å². The number of aromatic nitrogens is 2. The summed E-state index contributed by atoms with van der Waals surface area (Å²) < 4.78 is 39.7. The Morgan fingerprint density at radius 3 is 1.60 bits per heavy atom. The maximum Gasteiger partial charge on any atom is 0.356 e. The van der Waals surface area contributed by atoms with Gasteiger partial charge in [0.05, 0.1) is 84.1 Å². The van der Waals surface area contributed by atoms with E-state index in [4.69, 9.17) is 33.2 Å². The zero-order chi connectivity index (χ0) is 34.1. The molecule has 2 atom stereocenters. The summed E-state index contributed by atoms with van der Waals surface area (Å²) in [4.78, 5) is 48.9. The molecule has 14 nitrogen and oxygen atoms in total.